The molecule has 0 radical (unpaired) electrons. The smallest absolute Gasteiger partial charge is 0.290 e. The number of carboxylic acid groups (broad SMARTS) is 1. The Kier molecular flexibility index (Phi) is 5.42. The molecule has 2 N–H and O–H groups in total. The Bertz CT molecular complexity index is 812. The van der Waals surface area contributed by atoms with E-state index in [4.69, 9.17) is 9.90 Å². The summed E-state index contributed by atoms with van der Waals surface area (Å²) in [6.45, 7) is 2.22. The van der Waals surface area contributed by atoms with Crippen LogP contribution in [0.5, 0.6) is 0 Å². The van der Waals surface area contributed by atoms with Crippen LogP contribution < -0.4 is 5.32 Å². The summed E-state index contributed by atoms with van der Waals surface area (Å²) in [5, 5.41) is 9.77. The molecule has 0 aliphatic rings. The fourth-order valence-electron chi connectivity index (χ4n) is 2.08. The molecule has 3 aromatic rings. The maximum absolute atomic E-state index is 11.8. The molecule has 1 aromatic carbocycles. The summed E-state index contributed by atoms with van der Waals surface area (Å²) < 4.78 is 5.97. The van der Waals surface area contributed by atoms with Crippen LogP contribution in [0.1, 0.15) is 21.1 Å². The lowest BCUT2D eigenvalue weighted by atomic mass is 10.2. The molecule has 0 spiro atoms. The highest BCUT2D eigenvalue weighted by atomic mass is 32.1. The molecular formula is C15H16N4O3S. The number of aromatic nitrogens is 3. The van der Waals surface area contributed by atoms with E-state index in [1.165, 1.54) is 11.5 Å². The number of hydrogen-bond acceptors (Lipinski definition) is 5. The van der Waals surface area contributed by atoms with Gasteiger partial charge < -0.3 is 15.0 Å². The molecule has 0 atom stereocenters. The molecule has 8 heteroatoms. The molecule has 2 heterocycles. The molecule has 3 rings (SSSR count). The molecule has 2 aromatic heterocycles. The van der Waals surface area contributed by atoms with Gasteiger partial charge in [0.15, 0.2) is 0 Å². The van der Waals surface area contributed by atoms with Crippen LogP contribution in [0, 0.1) is 6.92 Å². The standard InChI is InChI=1S/C14H14N4OS.CH2O2/c1-9-17-11-7-10(3-4-12(11)18(9)2)8-15-14(19)13-5-6-16-20-13;2-1-3/h3-7H,8H2,1-2H3,(H,15,19);1H,(H,2,3). The van der Waals surface area contributed by atoms with Crippen LogP contribution in [-0.4, -0.2) is 31.4 Å². The molecule has 0 bridgehead atoms. The number of carbonyl (C=O) groups excluding carboxylic acids is 1. The van der Waals surface area contributed by atoms with E-state index in [-0.39, 0.29) is 12.4 Å². The first-order valence-electron chi connectivity index (χ1n) is 6.75. The third-order valence-corrected chi connectivity index (χ3v) is 4.03. The quantitative estimate of drug-likeness (QED) is 0.715. The van der Waals surface area contributed by atoms with Crippen LogP contribution in [0.25, 0.3) is 11.0 Å². The molecular weight excluding hydrogens is 316 g/mol. The van der Waals surface area contributed by atoms with Crippen molar-refractivity contribution in [1.29, 1.82) is 0 Å². The van der Waals surface area contributed by atoms with Crippen molar-refractivity contribution in [1.82, 2.24) is 19.2 Å². The monoisotopic (exact) mass is 332 g/mol. The van der Waals surface area contributed by atoms with Crippen LogP contribution >= 0.6 is 11.5 Å². The maximum Gasteiger partial charge on any atom is 0.290 e. The Labute approximate surface area is 136 Å². The van der Waals surface area contributed by atoms with Crippen molar-refractivity contribution in [3.63, 3.8) is 0 Å². The topological polar surface area (TPSA) is 97.1 Å². The molecule has 1 amide bonds. The van der Waals surface area contributed by atoms with E-state index in [0.717, 1.165) is 22.4 Å². The number of carbonyl (C=O) groups is 2. The minimum Gasteiger partial charge on any atom is -0.483 e. The Morgan fingerprint density at radius 3 is 2.83 bits per heavy atom. The van der Waals surface area contributed by atoms with Crippen LogP contribution in [0.3, 0.4) is 0 Å². The predicted octanol–water partition coefficient (Wildman–Crippen LogP) is 1.97. The summed E-state index contributed by atoms with van der Waals surface area (Å²) in [7, 11) is 2.00. The van der Waals surface area contributed by atoms with Gasteiger partial charge in [0.1, 0.15) is 10.7 Å². The van der Waals surface area contributed by atoms with Gasteiger partial charge in [-0.1, -0.05) is 6.07 Å². The van der Waals surface area contributed by atoms with E-state index < -0.39 is 0 Å². The van der Waals surface area contributed by atoms with Crippen molar-refractivity contribution in [2.45, 2.75) is 13.5 Å². The van der Waals surface area contributed by atoms with Crippen LogP contribution in [0.2, 0.25) is 0 Å². The molecule has 0 fully saturated rings. The van der Waals surface area contributed by atoms with Gasteiger partial charge in [0, 0.05) is 19.8 Å². The fourth-order valence-corrected chi connectivity index (χ4v) is 2.59. The number of rotatable bonds is 3. The van der Waals surface area contributed by atoms with Gasteiger partial charge in [-0.3, -0.25) is 9.59 Å². The zero-order valence-electron chi connectivity index (χ0n) is 12.7. The lowest BCUT2D eigenvalue weighted by Crippen LogP contribution is -2.21. The Hall–Kier alpha value is -2.74. The molecule has 23 heavy (non-hydrogen) atoms. The molecule has 0 aliphatic carbocycles. The van der Waals surface area contributed by atoms with Gasteiger partial charge >= 0.3 is 0 Å². The predicted molar refractivity (Wildman–Crippen MR) is 87.4 cm³/mol. The third-order valence-electron chi connectivity index (χ3n) is 3.28. The van der Waals surface area contributed by atoms with Crippen molar-refractivity contribution >= 4 is 34.9 Å². The van der Waals surface area contributed by atoms with Gasteiger partial charge in [0.25, 0.3) is 12.4 Å². The summed E-state index contributed by atoms with van der Waals surface area (Å²) >= 11 is 1.20. The van der Waals surface area contributed by atoms with E-state index >= 15 is 0 Å². The van der Waals surface area contributed by atoms with Crippen molar-refractivity contribution in [2.75, 3.05) is 0 Å². The Morgan fingerprint density at radius 1 is 1.43 bits per heavy atom. The van der Waals surface area contributed by atoms with Gasteiger partial charge in [-0.25, -0.2) is 9.36 Å². The molecule has 0 unspecified atom stereocenters. The first-order chi connectivity index (χ1) is 11.1. The van der Waals surface area contributed by atoms with Gasteiger partial charge in [0.2, 0.25) is 0 Å². The lowest BCUT2D eigenvalue weighted by Gasteiger charge is -2.04. The minimum absolute atomic E-state index is 0.0928. The largest absolute Gasteiger partial charge is 0.483 e. The number of hydrogen-bond donors (Lipinski definition) is 2. The summed E-state index contributed by atoms with van der Waals surface area (Å²) in [5.74, 6) is 0.885. The van der Waals surface area contributed by atoms with Gasteiger partial charge in [-0.15, -0.1) is 0 Å². The van der Waals surface area contributed by atoms with E-state index in [1.807, 2.05) is 32.2 Å². The first-order valence-corrected chi connectivity index (χ1v) is 7.53. The summed E-state index contributed by atoms with van der Waals surface area (Å²) in [6, 6.07) is 7.76. The van der Waals surface area contributed by atoms with E-state index in [0.29, 0.717) is 11.4 Å². The number of aryl methyl sites for hydroxylation is 2. The van der Waals surface area contributed by atoms with E-state index in [9.17, 15) is 4.79 Å². The Balaban J connectivity index is 0.000000595. The molecule has 7 nitrogen and oxygen atoms in total. The second-order valence-corrected chi connectivity index (χ2v) is 5.54. The van der Waals surface area contributed by atoms with Gasteiger partial charge in [0.05, 0.1) is 11.0 Å². The highest BCUT2D eigenvalue weighted by Gasteiger charge is 2.08. The second kappa shape index (κ2) is 7.50. The number of imidazole rings is 1. The minimum atomic E-state index is -0.250. The zero-order chi connectivity index (χ0) is 16.8. The van der Waals surface area contributed by atoms with Gasteiger partial charge in [-0.05, 0) is 42.2 Å². The second-order valence-electron chi connectivity index (χ2n) is 4.71. The number of benzene rings is 1. The normalized spacial score (nSPS) is 10.0. The van der Waals surface area contributed by atoms with E-state index in [2.05, 4.69) is 19.2 Å². The van der Waals surface area contributed by atoms with Crippen LogP contribution in [0.15, 0.2) is 30.5 Å². The number of nitrogens with zero attached hydrogens (tertiary/aromatic N) is 3. The first kappa shape index (κ1) is 16.6. The SMILES string of the molecule is Cc1nc2cc(CNC(=O)c3ccns3)ccc2n1C.O=CO. The highest BCUT2D eigenvalue weighted by molar-refractivity contribution is 7.08. The summed E-state index contributed by atoms with van der Waals surface area (Å²) in [6.07, 6.45) is 1.63. The van der Waals surface area contributed by atoms with Crippen molar-refractivity contribution in [2.24, 2.45) is 7.05 Å². The Morgan fingerprint density at radius 2 is 2.17 bits per heavy atom. The number of fused-ring (bicyclic) bond motifs is 1. The summed E-state index contributed by atoms with van der Waals surface area (Å²) in [5.41, 5.74) is 3.09. The number of amides is 1. The van der Waals surface area contributed by atoms with Crippen LogP contribution in [-0.2, 0) is 18.4 Å². The molecule has 0 saturated heterocycles. The van der Waals surface area contributed by atoms with E-state index in [1.54, 1.807) is 12.3 Å². The third kappa shape index (κ3) is 3.92. The lowest BCUT2D eigenvalue weighted by molar-refractivity contribution is -0.122. The number of nitrogens with one attached hydrogen (secondary N) is 1. The van der Waals surface area contributed by atoms with Crippen molar-refractivity contribution < 1.29 is 14.7 Å². The highest BCUT2D eigenvalue weighted by Crippen LogP contribution is 2.16. The molecule has 0 aliphatic heterocycles. The molecule has 120 valence electrons. The van der Waals surface area contributed by atoms with Crippen molar-refractivity contribution in [3.05, 3.63) is 46.7 Å². The zero-order valence-corrected chi connectivity index (χ0v) is 13.5. The maximum atomic E-state index is 11.8. The van der Waals surface area contributed by atoms with Crippen molar-refractivity contribution in [3.8, 4) is 0 Å². The fraction of sp³-hybridized carbons (Fsp3) is 0.200. The van der Waals surface area contributed by atoms with Gasteiger partial charge in [-0.2, -0.15) is 0 Å². The molecule has 0 saturated carbocycles. The average Bonchev–Trinajstić information content (AvgIpc) is 3.15. The summed E-state index contributed by atoms with van der Waals surface area (Å²) in [4.78, 5) is 25.3. The average molecular weight is 332 g/mol. The van der Waals surface area contributed by atoms with Crippen LogP contribution in [0.4, 0.5) is 0 Å².